The van der Waals surface area contributed by atoms with Gasteiger partial charge in [0.05, 0.1) is 11.4 Å². The van der Waals surface area contributed by atoms with Gasteiger partial charge in [-0.25, -0.2) is 4.68 Å². The summed E-state index contributed by atoms with van der Waals surface area (Å²) in [5, 5.41) is 7.61. The Balaban J connectivity index is 0.00000187. The van der Waals surface area contributed by atoms with Gasteiger partial charge in [0, 0.05) is 24.0 Å². The van der Waals surface area contributed by atoms with E-state index >= 15 is 0 Å². The number of nitrogens with zero attached hydrogens (tertiary/aromatic N) is 2. The zero-order chi connectivity index (χ0) is 24.2. The van der Waals surface area contributed by atoms with Crippen molar-refractivity contribution in [2.45, 2.75) is 66.7 Å². The maximum Gasteiger partial charge on any atom is 0.229 e. The molecule has 2 aromatic carbocycles. The largest absolute Gasteiger partial charge is 0.309 e. The lowest BCUT2D eigenvalue weighted by atomic mass is 9.99. The highest BCUT2D eigenvalue weighted by Gasteiger charge is 2.20. The predicted octanol–water partition coefficient (Wildman–Crippen LogP) is 6.85. The first-order chi connectivity index (χ1) is 16.0. The van der Waals surface area contributed by atoms with E-state index in [-0.39, 0.29) is 24.0 Å². The number of para-hydroxylation sites is 1. The van der Waals surface area contributed by atoms with Crippen LogP contribution in [0.15, 0.2) is 60.7 Å². The molecule has 0 bridgehead atoms. The number of ketones is 1. The van der Waals surface area contributed by atoms with Crippen LogP contribution in [-0.4, -0.2) is 21.5 Å². The molecule has 1 heterocycles. The van der Waals surface area contributed by atoms with Crippen LogP contribution in [0.25, 0.3) is 16.9 Å². The molecule has 1 N–H and O–H groups in total. The fourth-order valence-corrected chi connectivity index (χ4v) is 3.68. The summed E-state index contributed by atoms with van der Waals surface area (Å²) >= 11 is 0. The van der Waals surface area contributed by atoms with E-state index in [4.69, 9.17) is 0 Å². The summed E-state index contributed by atoms with van der Waals surface area (Å²) in [6.07, 6.45) is 4.19. The first kappa shape index (κ1) is 26.0. The minimum Gasteiger partial charge on any atom is -0.309 e. The smallest absolute Gasteiger partial charge is 0.229 e. The van der Waals surface area contributed by atoms with Gasteiger partial charge in [-0.3, -0.25) is 4.79 Å². The second kappa shape index (κ2) is 13.4. The lowest BCUT2D eigenvalue weighted by molar-refractivity contribution is -0.125. The Morgan fingerprint density at radius 1 is 1.00 bits per heavy atom. The van der Waals surface area contributed by atoms with E-state index in [9.17, 15) is 9.59 Å². The molecule has 5 heteroatoms. The quantitative estimate of drug-likeness (QED) is 0.369. The molecular weight excluding hydrogens is 410 g/mol. The van der Waals surface area contributed by atoms with Crippen LogP contribution in [0.2, 0.25) is 0 Å². The Bertz CT molecular complexity index is 1020. The summed E-state index contributed by atoms with van der Waals surface area (Å²) < 4.78 is 1.86. The van der Waals surface area contributed by atoms with Crippen molar-refractivity contribution in [3.63, 3.8) is 0 Å². The summed E-state index contributed by atoms with van der Waals surface area (Å²) in [4.78, 5) is 24.2. The van der Waals surface area contributed by atoms with Gasteiger partial charge in [0.25, 0.3) is 0 Å². The average Bonchev–Trinajstić information content (AvgIpc) is 3.26. The molecule has 3 rings (SSSR count). The van der Waals surface area contributed by atoms with Crippen LogP contribution in [-0.2, 0) is 16.0 Å². The number of benzene rings is 2. The van der Waals surface area contributed by atoms with Crippen molar-refractivity contribution >= 4 is 17.5 Å². The van der Waals surface area contributed by atoms with Crippen molar-refractivity contribution in [2.75, 3.05) is 5.32 Å². The zero-order valence-corrected chi connectivity index (χ0v) is 20.6. The SMILES string of the molecule is CC.CCCCc1cccc(-c2cc(NC(=O)C(CC)CC(C)=O)nn2-c2ccccc2)c1. The van der Waals surface area contributed by atoms with Crippen molar-refractivity contribution in [1.82, 2.24) is 9.78 Å². The number of carbonyl (C=O) groups is 2. The first-order valence-electron chi connectivity index (χ1n) is 12.1. The van der Waals surface area contributed by atoms with Crippen LogP contribution in [0.1, 0.15) is 65.9 Å². The molecule has 176 valence electrons. The number of carbonyl (C=O) groups excluding carboxylic acids is 2. The van der Waals surface area contributed by atoms with Gasteiger partial charge in [-0.2, -0.15) is 0 Å². The third kappa shape index (κ3) is 7.41. The van der Waals surface area contributed by atoms with Crippen molar-refractivity contribution < 1.29 is 9.59 Å². The Morgan fingerprint density at radius 3 is 2.36 bits per heavy atom. The molecule has 0 fully saturated rings. The molecule has 0 saturated heterocycles. The molecule has 0 aliphatic carbocycles. The van der Waals surface area contributed by atoms with Gasteiger partial charge < -0.3 is 10.1 Å². The van der Waals surface area contributed by atoms with E-state index in [1.807, 2.05) is 61.9 Å². The van der Waals surface area contributed by atoms with E-state index in [1.165, 1.54) is 12.5 Å². The maximum absolute atomic E-state index is 12.7. The lowest BCUT2D eigenvalue weighted by Crippen LogP contribution is -2.24. The summed E-state index contributed by atoms with van der Waals surface area (Å²) in [5.41, 5.74) is 4.19. The number of unbranched alkanes of at least 4 members (excludes halogenated alkanes) is 1. The molecule has 0 aliphatic rings. The average molecular weight is 448 g/mol. The topological polar surface area (TPSA) is 64.0 Å². The van der Waals surface area contributed by atoms with Gasteiger partial charge in [0.2, 0.25) is 5.91 Å². The van der Waals surface area contributed by atoms with Gasteiger partial charge in [-0.05, 0) is 49.9 Å². The minimum atomic E-state index is -0.347. The fourth-order valence-electron chi connectivity index (χ4n) is 3.68. The number of rotatable bonds is 10. The molecular formula is C28H37N3O2. The van der Waals surface area contributed by atoms with Crippen molar-refractivity contribution in [2.24, 2.45) is 5.92 Å². The molecule has 1 amide bonds. The zero-order valence-electron chi connectivity index (χ0n) is 20.6. The Kier molecular flexibility index (Phi) is 10.5. The van der Waals surface area contributed by atoms with Crippen LogP contribution in [0.3, 0.4) is 0 Å². The molecule has 5 nitrogen and oxygen atoms in total. The number of hydrogen-bond acceptors (Lipinski definition) is 3. The number of aryl methyl sites for hydroxylation is 1. The normalized spacial score (nSPS) is 11.3. The third-order valence-electron chi connectivity index (χ3n) is 5.40. The number of nitrogens with one attached hydrogen (secondary N) is 1. The summed E-state index contributed by atoms with van der Waals surface area (Å²) in [6.45, 7) is 9.63. The molecule has 0 radical (unpaired) electrons. The summed E-state index contributed by atoms with van der Waals surface area (Å²) in [6, 6.07) is 20.3. The van der Waals surface area contributed by atoms with E-state index in [0.29, 0.717) is 12.2 Å². The monoisotopic (exact) mass is 447 g/mol. The van der Waals surface area contributed by atoms with Crippen LogP contribution < -0.4 is 5.32 Å². The van der Waals surface area contributed by atoms with E-state index in [0.717, 1.165) is 36.2 Å². The molecule has 3 aromatic rings. The van der Waals surface area contributed by atoms with E-state index < -0.39 is 0 Å². The highest BCUT2D eigenvalue weighted by molar-refractivity contribution is 5.95. The van der Waals surface area contributed by atoms with Gasteiger partial charge in [-0.15, -0.1) is 5.10 Å². The summed E-state index contributed by atoms with van der Waals surface area (Å²) in [7, 11) is 0. The van der Waals surface area contributed by atoms with Gasteiger partial charge in [-0.1, -0.05) is 70.5 Å². The molecule has 0 saturated carbocycles. The minimum absolute atomic E-state index is 0.0152. The highest BCUT2D eigenvalue weighted by Crippen LogP contribution is 2.28. The number of anilines is 1. The molecule has 0 aliphatic heterocycles. The molecule has 1 aromatic heterocycles. The Hall–Kier alpha value is -3.21. The molecule has 1 unspecified atom stereocenters. The molecule has 33 heavy (non-hydrogen) atoms. The van der Waals surface area contributed by atoms with Crippen molar-refractivity contribution in [3.05, 3.63) is 66.2 Å². The fraction of sp³-hybridized carbons (Fsp3) is 0.393. The highest BCUT2D eigenvalue weighted by atomic mass is 16.2. The summed E-state index contributed by atoms with van der Waals surface area (Å²) in [5.74, 6) is -0.00919. The van der Waals surface area contributed by atoms with Crippen LogP contribution in [0.4, 0.5) is 5.82 Å². The van der Waals surface area contributed by atoms with Gasteiger partial charge >= 0.3 is 0 Å². The van der Waals surface area contributed by atoms with Crippen molar-refractivity contribution in [1.29, 1.82) is 0 Å². The second-order valence-corrected chi connectivity index (χ2v) is 7.97. The van der Waals surface area contributed by atoms with Crippen molar-refractivity contribution in [3.8, 4) is 16.9 Å². The lowest BCUT2D eigenvalue weighted by Gasteiger charge is -2.11. The Labute approximate surface area is 198 Å². The van der Waals surface area contributed by atoms with Crippen LogP contribution in [0, 0.1) is 5.92 Å². The molecule has 0 spiro atoms. The number of hydrogen-bond donors (Lipinski definition) is 1. The number of amides is 1. The maximum atomic E-state index is 12.7. The first-order valence-corrected chi connectivity index (χ1v) is 12.1. The molecule has 1 atom stereocenters. The van der Waals surface area contributed by atoms with E-state index in [2.05, 4.69) is 41.6 Å². The predicted molar refractivity (Wildman–Crippen MR) is 137 cm³/mol. The number of Topliss-reactive ketones (excluding diaryl/α,β-unsaturated/α-hetero) is 1. The standard InChI is InChI=1S/C26H31N3O2.C2H6/c1-4-6-11-20-12-10-13-22(17-20)24-18-25(27-26(31)21(5-2)16-19(3)30)28-29(24)23-14-8-7-9-15-23;1-2/h7-10,12-15,17-18,21H,4-6,11,16H2,1-3H3,(H,27,28,31);1-2H3. The van der Waals surface area contributed by atoms with Gasteiger partial charge in [0.15, 0.2) is 5.82 Å². The Morgan fingerprint density at radius 2 is 1.73 bits per heavy atom. The second-order valence-electron chi connectivity index (χ2n) is 7.97. The third-order valence-corrected chi connectivity index (χ3v) is 5.40. The number of aromatic nitrogens is 2. The van der Waals surface area contributed by atoms with Crippen LogP contribution in [0.5, 0.6) is 0 Å². The van der Waals surface area contributed by atoms with Gasteiger partial charge in [0.1, 0.15) is 5.78 Å². The van der Waals surface area contributed by atoms with Crippen LogP contribution >= 0.6 is 0 Å². The van der Waals surface area contributed by atoms with E-state index in [1.54, 1.807) is 0 Å².